The van der Waals surface area contributed by atoms with Crippen LogP contribution in [0.15, 0.2) is 24.3 Å². The second kappa shape index (κ2) is 8.51. The van der Waals surface area contributed by atoms with Gasteiger partial charge in [-0.05, 0) is 36.5 Å². The molecular formula is C18H24F3NO2. The van der Waals surface area contributed by atoms with Gasteiger partial charge in [0.15, 0.2) is 0 Å². The van der Waals surface area contributed by atoms with E-state index in [1.165, 1.54) is 31.4 Å². The normalized spacial score (nSPS) is 21.5. The van der Waals surface area contributed by atoms with E-state index in [0.717, 1.165) is 18.6 Å². The molecule has 24 heavy (non-hydrogen) atoms. The fourth-order valence-electron chi connectivity index (χ4n) is 2.99. The highest BCUT2D eigenvalue weighted by molar-refractivity contribution is 5.78. The molecule has 0 bridgehead atoms. The van der Waals surface area contributed by atoms with E-state index in [-0.39, 0.29) is 18.4 Å². The van der Waals surface area contributed by atoms with Crippen molar-refractivity contribution in [3.05, 3.63) is 35.4 Å². The Balaban J connectivity index is 1.68. The molecule has 0 saturated heterocycles. The summed E-state index contributed by atoms with van der Waals surface area (Å²) in [5.74, 6) is 0.344. The van der Waals surface area contributed by atoms with Crippen molar-refractivity contribution in [3.8, 4) is 0 Å². The summed E-state index contributed by atoms with van der Waals surface area (Å²) < 4.78 is 43.2. The van der Waals surface area contributed by atoms with E-state index in [4.69, 9.17) is 4.74 Å². The van der Waals surface area contributed by atoms with E-state index in [1.54, 1.807) is 0 Å². The maximum atomic E-state index is 12.5. The zero-order valence-corrected chi connectivity index (χ0v) is 13.9. The Morgan fingerprint density at radius 1 is 1.21 bits per heavy atom. The van der Waals surface area contributed by atoms with Gasteiger partial charge < -0.3 is 10.1 Å². The van der Waals surface area contributed by atoms with Gasteiger partial charge in [0.2, 0.25) is 5.91 Å². The number of alkyl halides is 3. The van der Waals surface area contributed by atoms with Crippen molar-refractivity contribution >= 4 is 5.91 Å². The number of rotatable bonds is 6. The van der Waals surface area contributed by atoms with Gasteiger partial charge in [-0.2, -0.15) is 13.2 Å². The first-order valence-corrected chi connectivity index (χ1v) is 8.40. The third-order valence-electron chi connectivity index (χ3n) is 4.43. The van der Waals surface area contributed by atoms with Crippen molar-refractivity contribution in [2.45, 2.75) is 51.3 Å². The Bertz CT molecular complexity index is 528. The number of hydrogen-bond donors (Lipinski definition) is 1. The third-order valence-corrected chi connectivity index (χ3v) is 4.43. The number of halogens is 3. The van der Waals surface area contributed by atoms with Crippen molar-refractivity contribution in [1.29, 1.82) is 0 Å². The van der Waals surface area contributed by atoms with Gasteiger partial charge in [0.1, 0.15) is 0 Å². The minimum atomic E-state index is -4.35. The minimum Gasteiger partial charge on any atom is -0.376 e. The predicted molar refractivity (Wildman–Crippen MR) is 85.5 cm³/mol. The smallest absolute Gasteiger partial charge is 0.376 e. The molecule has 0 spiro atoms. The molecule has 1 aliphatic carbocycles. The molecule has 1 fully saturated rings. The molecule has 0 aromatic heterocycles. The van der Waals surface area contributed by atoms with Gasteiger partial charge in [0.25, 0.3) is 0 Å². The highest BCUT2D eigenvalue weighted by Gasteiger charge is 2.30. The molecule has 2 atom stereocenters. The van der Waals surface area contributed by atoms with Crippen LogP contribution >= 0.6 is 0 Å². The average molecular weight is 343 g/mol. The van der Waals surface area contributed by atoms with Gasteiger partial charge in [0, 0.05) is 6.54 Å². The first-order valence-electron chi connectivity index (χ1n) is 8.40. The number of benzene rings is 1. The molecule has 0 aliphatic heterocycles. The molecule has 1 aliphatic rings. The van der Waals surface area contributed by atoms with E-state index >= 15 is 0 Å². The maximum absolute atomic E-state index is 12.5. The molecule has 1 aromatic carbocycles. The summed E-state index contributed by atoms with van der Waals surface area (Å²) in [6, 6.07) is 4.66. The molecule has 2 rings (SSSR count). The highest BCUT2D eigenvalue weighted by Crippen LogP contribution is 2.29. The zero-order valence-electron chi connectivity index (χ0n) is 13.9. The van der Waals surface area contributed by atoms with Crippen LogP contribution in [0.25, 0.3) is 0 Å². The van der Waals surface area contributed by atoms with Crippen molar-refractivity contribution in [2.24, 2.45) is 5.92 Å². The number of nitrogens with one attached hydrogen (secondary N) is 1. The second-order valence-corrected chi connectivity index (χ2v) is 6.39. The summed E-state index contributed by atoms with van der Waals surface area (Å²) in [4.78, 5) is 11.8. The van der Waals surface area contributed by atoms with Gasteiger partial charge in [0.05, 0.1) is 24.7 Å². The molecule has 1 N–H and O–H groups in total. The van der Waals surface area contributed by atoms with Crippen LogP contribution in [0.4, 0.5) is 13.2 Å². The fraction of sp³-hybridized carbons (Fsp3) is 0.611. The molecule has 3 nitrogen and oxygen atoms in total. The van der Waals surface area contributed by atoms with Crippen LogP contribution < -0.4 is 5.32 Å². The predicted octanol–water partition coefficient (Wildman–Crippen LogP) is 3.96. The molecule has 1 saturated carbocycles. The van der Waals surface area contributed by atoms with Crippen molar-refractivity contribution in [2.75, 3.05) is 13.2 Å². The summed E-state index contributed by atoms with van der Waals surface area (Å²) in [7, 11) is 0. The summed E-state index contributed by atoms with van der Waals surface area (Å²) in [5.41, 5.74) is -0.149. The van der Waals surface area contributed by atoms with Gasteiger partial charge in [-0.15, -0.1) is 0 Å². The topological polar surface area (TPSA) is 38.3 Å². The van der Waals surface area contributed by atoms with Crippen molar-refractivity contribution in [3.63, 3.8) is 0 Å². The monoisotopic (exact) mass is 343 g/mol. The molecule has 0 unspecified atom stereocenters. The highest BCUT2D eigenvalue weighted by atomic mass is 19.4. The van der Waals surface area contributed by atoms with Crippen molar-refractivity contribution < 1.29 is 22.7 Å². The van der Waals surface area contributed by atoms with E-state index in [2.05, 4.69) is 12.2 Å². The van der Waals surface area contributed by atoms with Gasteiger partial charge >= 0.3 is 6.18 Å². The lowest BCUT2D eigenvalue weighted by molar-refractivity contribution is -0.137. The van der Waals surface area contributed by atoms with E-state index in [9.17, 15) is 18.0 Å². The van der Waals surface area contributed by atoms with Crippen LogP contribution in [0.1, 0.15) is 43.7 Å². The summed E-state index contributed by atoms with van der Waals surface area (Å²) in [6.07, 6.45) is 0.684. The van der Waals surface area contributed by atoms with E-state index < -0.39 is 11.7 Å². The van der Waals surface area contributed by atoms with Crippen LogP contribution in [-0.2, 0) is 22.1 Å². The second-order valence-electron chi connectivity index (χ2n) is 6.39. The largest absolute Gasteiger partial charge is 0.416 e. The van der Waals surface area contributed by atoms with Crippen LogP contribution in [0.5, 0.6) is 0 Å². The molecule has 1 aromatic rings. The third kappa shape index (κ3) is 5.82. The summed E-state index contributed by atoms with van der Waals surface area (Å²) in [5, 5.41) is 2.74. The van der Waals surface area contributed by atoms with Crippen molar-refractivity contribution in [1.82, 2.24) is 5.32 Å². The zero-order chi connectivity index (χ0) is 17.6. The van der Waals surface area contributed by atoms with E-state index in [1.807, 2.05) is 0 Å². The molecule has 134 valence electrons. The first-order chi connectivity index (χ1) is 11.4. The Morgan fingerprint density at radius 2 is 1.88 bits per heavy atom. The maximum Gasteiger partial charge on any atom is 0.416 e. The van der Waals surface area contributed by atoms with Gasteiger partial charge in [-0.1, -0.05) is 31.9 Å². The Kier molecular flexibility index (Phi) is 6.66. The number of amides is 1. The Hall–Kier alpha value is -1.56. The quantitative estimate of drug-likeness (QED) is 0.794. The first kappa shape index (κ1) is 18.8. The lowest BCUT2D eigenvalue weighted by Crippen LogP contribution is -2.32. The lowest BCUT2D eigenvalue weighted by atomic mass is 9.88. The molecule has 6 heteroatoms. The summed E-state index contributed by atoms with van der Waals surface area (Å²) >= 11 is 0. The van der Waals surface area contributed by atoms with Crippen LogP contribution in [0.3, 0.4) is 0 Å². The summed E-state index contributed by atoms with van der Waals surface area (Å²) in [6.45, 7) is 3.07. The number of carbonyl (C=O) groups is 1. The number of ether oxygens (including phenoxy) is 1. The number of carbonyl (C=O) groups excluding carboxylic acids is 1. The van der Waals surface area contributed by atoms with Crippen LogP contribution in [-0.4, -0.2) is 25.2 Å². The lowest BCUT2D eigenvalue weighted by Gasteiger charge is -2.28. The Labute approximate surface area is 140 Å². The Morgan fingerprint density at radius 3 is 2.50 bits per heavy atom. The average Bonchev–Trinajstić information content (AvgIpc) is 2.53. The minimum absolute atomic E-state index is 0.0674. The van der Waals surface area contributed by atoms with Gasteiger partial charge in [-0.25, -0.2) is 0 Å². The number of hydrogen-bond acceptors (Lipinski definition) is 2. The van der Waals surface area contributed by atoms with Gasteiger partial charge in [-0.3, -0.25) is 4.79 Å². The molecular weight excluding hydrogens is 319 g/mol. The van der Waals surface area contributed by atoms with Crippen LogP contribution in [0, 0.1) is 5.92 Å². The SMILES string of the molecule is C[C@H]1CCCC[C@@H]1OCCNC(=O)Cc1ccc(C(F)(F)F)cc1. The van der Waals surface area contributed by atoms with Crippen LogP contribution in [0.2, 0.25) is 0 Å². The molecule has 1 amide bonds. The standard InChI is InChI=1S/C18H24F3NO2/c1-13-4-2-3-5-16(13)24-11-10-22-17(23)12-14-6-8-15(9-7-14)18(19,20)21/h6-9,13,16H,2-5,10-12H2,1H3,(H,22,23)/t13-,16-/m0/s1. The fourth-order valence-corrected chi connectivity index (χ4v) is 2.99. The molecule has 0 heterocycles. The molecule has 0 radical (unpaired) electrons. The van der Waals surface area contributed by atoms with E-state index in [0.29, 0.717) is 24.6 Å².